The lowest BCUT2D eigenvalue weighted by Gasteiger charge is -2.31. The number of ether oxygens (including phenoxy) is 2. The second kappa shape index (κ2) is 7.72. The van der Waals surface area contributed by atoms with Crippen LogP contribution in [0.5, 0.6) is 5.75 Å². The molecular weight excluding hydrogens is 316 g/mol. The van der Waals surface area contributed by atoms with Crippen LogP contribution in [0.15, 0.2) is 30.3 Å². The van der Waals surface area contributed by atoms with Gasteiger partial charge in [-0.05, 0) is 25.0 Å². The molecule has 2 aromatic rings. The first kappa shape index (κ1) is 17.5. The molecule has 3 rings (SSSR count). The quantitative estimate of drug-likeness (QED) is 0.836. The van der Waals surface area contributed by atoms with E-state index in [1.165, 1.54) is 0 Å². The highest BCUT2D eigenvalue weighted by molar-refractivity contribution is 5.84. The zero-order chi connectivity index (χ0) is 17.8. The standard InChI is InChI=1S/C20H26N2O3/c1-14(2)13-24-20(23)22-11-9-17(10-12-22)25-18-6-4-5-16-8-7-15(3)21-19(16)18/h4-8,14,17H,9-13H2,1-3H3. The zero-order valence-corrected chi connectivity index (χ0v) is 15.2. The van der Waals surface area contributed by atoms with Crippen molar-refractivity contribution in [3.63, 3.8) is 0 Å². The van der Waals surface area contributed by atoms with Crippen molar-refractivity contribution in [3.05, 3.63) is 36.0 Å². The Balaban J connectivity index is 1.59. The van der Waals surface area contributed by atoms with E-state index in [1.54, 1.807) is 4.90 Å². The fourth-order valence-electron chi connectivity index (χ4n) is 2.98. The summed E-state index contributed by atoms with van der Waals surface area (Å²) < 4.78 is 11.5. The number of benzene rings is 1. The maximum absolute atomic E-state index is 12.0. The third kappa shape index (κ3) is 4.41. The van der Waals surface area contributed by atoms with Gasteiger partial charge in [-0.15, -0.1) is 0 Å². The van der Waals surface area contributed by atoms with Crippen LogP contribution in [0.4, 0.5) is 4.79 Å². The molecule has 5 heteroatoms. The molecular formula is C20H26N2O3. The number of hydrogen-bond acceptors (Lipinski definition) is 4. The predicted molar refractivity (Wildman–Crippen MR) is 97.9 cm³/mol. The van der Waals surface area contributed by atoms with Crippen LogP contribution in [0.3, 0.4) is 0 Å². The van der Waals surface area contributed by atoms with E-state index < -0.39 is 0 Å². The van der Waals surface area contributed by atoms with E-state index in [0.717, 1.165) is 35.2 Å². The van der Waals surface area contributed by atoms with Crippen LogP contribution in [-0.2, 0) is 4.74 Å². The lowest BCUT2D eigenvalue weighted by atomic mass is 10.1. The Morgan fingerprint density at radius 1 is 1.24 bits per heavy atom. The van der Waals surface area contributed by atoms with Crippen molar-refractivity contribution < 1.29 is 14.3 Å². The first-order valence-corrected chi connectivity index (χ1v) is 8.97. The predicted octanol–water partition coefficient (Wildman–Crippen LogP) is 4.18. The van der Waals surface area contributed by atoms with Gasteiger partial charge in [-0.25, -0.2) is 9.78 Å². The lowest BCUT2D eigenvalue weighted by Crippen LogP contribution is -2.42. The van der Waals surface area contributed by atoms with Crippen molar-refractivity contribution in [2.75, 3.05) is 19.7 Å². The molecule has 0 unspecified atom stereocenters. The van der Waals surface area contributed by atoms with E-state index in [-0.39, 0.29) is 12.2 Å². The van der Waals surface area contributed by atoms with Crippen LogP contribution in [0.1, 0.15) is 32.4 Å². The van der Waals surface area contributed by atoms with Gasteiger partial charge in [-0.2, -0.15) is 0 Å². The lowest BCUT2D eigenvalue weighted by molar-refractivity contribution is 0.0622. The number of likely N-dealkylation sites (tertiary alicyclic amines) is 1. The molecule has 0 atom stereocenters. The third-order valence-corrected chi connectivity index (χ3v) is 4.36. The molecule has 134 valence electrons. The molecule has 5 nitrogen and oxygen atoms in total. The molecule has 0 aliphatic carbocycles. The fourth-order valence-corrected chi connectivity index (χ4v) is 2.98. The number of para-hydroxylation sites is 1. The molecule has 1 aliphatic heterocycles. The van der Waals surface area contributed by atoms with Gasteiger partial charge in [0.05, 0.1) is 6.61 Å². The number of piperidine rings is 1. The molecule has 1 aromatic carbocycles. The number of pyridine rings is 1. The normalized spacial score (nSPS) is 15.6. The van der Waals surface area contributed by atoms with Crippen LogP contribution in [0.25, 0.3) is 10.9 Å². The van der Waals surface area contributed by atoms with Crippen LogP contribution in [0, 0.1) is 12.8 Å². The summed E-state index contributed by atoms with van der Waals surface area (Å²) >= 11 is 0. The highest BCUT2D eigenvalue weighted by Gasteiger charge is 2.25. The highest BCUT2D eigenvalue weighted by Crippen LogP contribution is 2.27. The number of carbonyl (C=O) groups excluding carboxylic acids is 1. The van der Waals surface area contributed by atoms with Crippen LogP contribution in [0.2, 0.25) is 0 Å². The van der Waals surface area contributed by atoms with Crippen molar-refractivity contribution in [3.8, 4) is 5.75 Å². The van der Waals surface area contributed by atoms with E-state index in [4.69, 9.17) is 9.47 Å². The minimum atomic E-state index is -0.213. The first-order valence-electron chi connectivity index (χ1n) is 8.97. The van der Waals surface area contributed by atoms with E-state index in [1.807, 2.05) is 45.0 Å². The summed E-state index contributed by atoms with van der Waals surface area (Å²) in [4.78, 5) is 18.4. The Morgan fingerprint density at radius 3 is 2.72 bits per heavy atom. The molecule has 1 aromatic heterocycles. The maximum Gasteiger partial charge on any atom is 0.409 e. The molecule has 1 fully saturated rings. The Bertz CT molecular complexity index is 737. The molecule has 1 aliphatic rings. The average molecular weight is 342 g/mol. The van der Waals surface area contributed by atoms with Crippen LogP contribution >= 0.6 is 0 Å². The topological polar surface area (TPSA) is 51.7 Å². The highest BCUT2D eigenvalue weighted by atomic mass is 16.6. The number of hydrogen-bond donors (Lipinski definition) is 0. The summed E-state index contributed by atoms with van der Waals surface area (Å²) in [6, 6.07) is 10.1. The fraction of sp³-hybridized carbons (Fsp3) is 0.500. The Labute approximate surface area is 148 Å². The smallest absolute Gasteiger partial charge is 0.409 e. The van der Waals surface area contributed by atoms with E-state index in [0.29, 0.717) is 25.6 Å². The second-order valence-corrected chi connectivity index (χ2v) is 7.06. The average Bonchev–Trinajstić information content (AvgIpc) is 2.61. The molecule has 1 amide bonds. The maximum atomic E-state index is 12.0. The molecule has 0 radical (unpaired) electrons. The summed E-state index contributed by atoms with van der Waals surface area (Å²) in [5, 5.41) is 1.08. The summed E-state index contributed by atoms with van der Waals surface area (Å²) in [7, 11) is 0. The van der Waals surface area contributed by atoms with Crippen molar-refractivity contribution in [2.24, 2.45) is 5.92 Å². The van der Waals surface area contributed by atoms with Gasteiger partial charge in [0.2, 0.25) is 0 Å². The Morgan fingerprint density at radius 2 is 2.00 bits per heavy atom. The van der Waals surface area contributed by atoms with Gasteiger partial charge in [0.25, 0.3) is 0 Å². The minimum Gasteiger partial charge on any atom is -0.488 e. The summed E-state index contributed by atoms with van der Waals surface area (Å²) in [6.07, 6.45) is 1.49. The molecule has 0 saturated carbocycles. The van der Waals surface area contributed by atoms with Crippen molar-refractivity contribution in [2.45, 2.75) is 39.7 Å². The molecule has 0 bridgehead atoms. The van der Waals surface area contributed by atoms with Gasteiger partial charge in [0.1, 0.15) is 17.4 Å². The van der Waals surface area contributed by atoms with Gasteiger partial charge >= 0.3 is 6.09 Å². The molecule has 0 N–H and O–H groups in total. The number of aromatic nitrogens is 1. The third-order valence-electron chi connectivity index (χ3n) is 4.36. The largest absolute Gasteiger partial charge is 0.488 e. The van der Waals surface area contributed by atoms with Gasteiger partial charge in [-0.1, -0.05) is 32.0 Å². The van der Waals surface area contributed by atoms with Crippen molar-refractivity contribution in [1.82, 2.24) is 9.88 Å². The molecule has 0 spiro atoms. The van der Waals surface area contributed by atoms with Crippen LogP contribution in [-0.4, -0.2) is 41.8 Å². The van der Waals surface area contributed by atoms with E-state index in [2.05, 4.69) is 11.1 Å². The molecule has 1 saturated heterocycles. The number of fused-ring (bicyclic) bond motifs is 1. The monoisotopic (exact) mass is 342 g/mol. The summed E-state index contributed by atoms with van der Waals surface area (Å²) in [5.74, 6) is 1.18. The van der Waals surface area contributed by atoms with E-state index >= 15 is 0 Å². The number of aryl methyl sites for hydroxylation is 1. The van der Waals surface area contributed by atoms with Crippen molar-refractivity contribution >= 4 is 17.0 Å². The van der Waals surface area contributed by atoms with Gasteiger partial charge < -0.3 is 14.4 Å². The van der Waals surface area contributed by atoms with Gasteiger partial charge in [-0.3, -0.25) is 0 Å². The Hall–Kier alpha value is -2.30. The zero-order valence-electron chi connectivity index (χ0n) is 15.2. The SMILES string of the molecule is Cc1ccc2cccc(OC3CCN(C(=O)OCC(C)C)CC3)c2n1. The van der Waals surface area contributed by atoms with Gasteiger partial charge in [0, 0.05) is 37.0 Å². The summed E-state index contributed by atoms with van der Waals surface area (Å²) in [5.41, 5.74) is 1.88. The number of nitrogens with zero attached hydrogens (tertiary/aromatic N) is 2. The van der Waals surface area contributed by atoms with Crippen molar-refractivity contribution in [1.29, 1.82) is 0 Å². The number of amides is 1. The number of rotatable bonds is 4. The summed E-state index contributed by atoms with van der Waals surface area (Å²) in [6.45, 7) is 7.85. The second-order valence-electron chi connectivity index (χ2n) is 7.06. The molecule has 2 heterocycles. The van der Waals surface area contributed by atoms with E-state index in [9.17, 15) is 4.79 Å². The number of carbonyl (C=O) groups is 1. The van der Waals surface area contributed by atoms with Gasteiger partial charge in [0.15, 0.2) is 0 Å². The molecule has 25 heavy (non-hydrogen) atoms. The van der Waals surface area contributed by atoms with Crippen LogP contribution < -0.4 is 4.74 Å². The Kier molecular flexibility index (Phi) is 5.41. The minimum absolute atomic E-state index is 0.0991. The first-order chi connectivity index (χ1) is 12.0.